The topological polar surface area (TPSA) is 77.3 Å². The van der Waals surface area contributed by atoms with Crippen LogP contribution in [0.15, 0.2) is 53.1 Å². The monoisotopic (exact) mass is 464 g/mol. The van der Waals surface area contributed by atoms with Gasteiger partial charge in [-0.3, -0.25) is 19.3 Å². The van der Waals surface area contributed by atoms with Crippen LogP contribution in [0.5, 0.6) is 0 Å². The third-order valence-corrected chi connectivity index (χ3v) is 7.37. The Morgan fingerprint density at radius 3 is 2.26 bits per heavy atom. The molecular weight excluding hydrogens is 432 g/mol. The van der Waals surface area contributed by atoms with Crippen LogP contribution >= 0.6 is 0 Å². The number of carbonyl (C=O) groups excluding carboxylic acids is 3. The van der Waals surface area contributed by atoms with Crippen LogP contribution in [0.3, 0.4) is 0 Å². The fourth-order valence-electron chi connectivity index (χ4n) is 5.42. The van der Waals surface area contributed by atoms with Crippen LogP contribution in [-0.2, 0) is 16.1 Å². The van der Waals surface area contributed by atoms with Crippen LogP contribution in [0.2, 0.25) is 0 Å². The lowest BCUT2D eigenvalue weighted by molar-refractivity contribution is -0.137. The van der Waals surface area contributed by atoms with Gasteiger partial charge in [-0.25, -0.2) is 0 Å². The number of nitrogens with zero attached hydrogens (tertiary/aromatic N) is 4. The number of rotatable bonds is 5. The highest BCUT2D eigenvalue weighted by molar-refractivity contribution is 5.92. The van der Waals surface area contributed by atoms with Crippen molar-refractivity contribution < 1.29 is 18.8 Å². The average molecular weight is 465 g/mol. The Hall–Kier alpha value is -3.13. The number of piperazine rings is 1. The molecule has 8 nitrogen and oxygen atoms in total. The van der Waals surface area contributed by atoms with Crippen molar-refractivity contribution in [2.45, 2.75) is 31.8 Å². The zero-order valence-corrected chi connectivity index (χ0v) is 19.5. The van der Waals surface area contributed by atoms with E-state index in [4.69, 9.17) is 4.42 Å². The Morgan fingerprint density at radius 1 is 0.882 bits per heavy atom. The predicted molar refractivity (Wildman–Crippen MR) is 126 cm³/mol. The Balaban J connectivity index is 1.09. The largest absolute Gasteiger partial charge is 0.459 e. The van der Waals surface area contributed by atoms with Crippen molar-refractivity contribution in [1.29, 1.82) is 0 Å². The van der Waals surface area contributed by atoms with Crippen molar-refractivity contribution in [2.75, 3.05) is 45.8 Å². The van der Waals surface area contributed by atoms with Gasteiger partial charge >= 0.3 is 0 Å². The first-order valence-corrected chi connectivity index (χ1v) is 12.3. The van der Waals surface area contributed by atoms with Gasteiger partial charge in [0.1, 0.15) is 0 Å². The maximum atomic E-state index is 13.2. The molecule has 0 spiro atoms. The number of likely N-dealkylation sites (tertiary alicyclic amines) is 2. The van der Waals surface area contributed by atoms with Gasteiger partial charge in [0, 0.05) is 64.8 Å². The quantitative estimate of drug-likeness (QED) is 0.677. The third kappa shape index (κ3) is 4.87. The Bertz CT molecular complexity index is 993. The number of carbonyl (C=O) groups is 3. The number of amides is 3. The Labute approximate surface area is 200 Å². The van der Waals surface area contributed by atoms with Crippen molar-refractivity contribution in [3.8, 4) is 0 Å². The first-order chi connectivity index (χ1) is 16.6. The van der Waals surface area contributed by atoms with Crippen LogP contribution in [-0.4, -0.2) is 89.2 Å². The molecule has 3 aliphatic rings. The zero-order valence-electron chi connectivity index (χ0n) is 19.5. The predicted octanol–water partition coefficient (Wildman–Crippen LogP) is 2.08. The molecule has 8 heteroatoms. The normalized spacial score (nSPS) is 22.4. The highest BCUT2D eigenvalue weighted by atomic mass is 16.3. The van der Waals surface area contributed by atoms with Crippen molar-refractivity contribution in [2.24, 2.45) is 5.92 Å². The summed E-state index contributed by atoms with van der Waals surface area (Å²) >= 11 is 0. The van der Waals surface area contributed by atoms with E-state index in [-0.39, 0.29) is 29.7 Å². The van der Waals surface area contributed by atoms with E-state index in [1.807, 2.05) is 15.9 Å². The molecule has 1 atom stereocenters. The summed E-state index contributed by atoms with van der Waals surface area (Å²) in [5, 5.41) is 0. The van der Waals surface area contributed by atoms with E-state index in [0.29, 0.717) is 44.9 Å². The van der Waals surface area contributed by atoms with Crippen molar-refractivity contribution in [1.82, 2.24) is 19.6 Å². The van der Waals surface area contributed by atoms with E-state index >= 15 is 0 Å². The summed E-state index contributed by atoms with van der Waals surface area (Å²) in [6.07, 6.45) is 3.69. The molecule has 1 aromatic heterocycles. The standard InChI is InChI=1S/C26H32N4O4/c31-24-17-21(25(32)28-12-14-29(15-13-28)26(33)23-7-4-16-34-23)19-30(24)22-8-10-27(11-9-22)18-20-5-2-1-3-6-20/h1-7,16,21-22H,8-15,17-19H2. The van der Waals surface area contributed by atoms with Crippen LogP contribution in [0.4, 0.5) is 0 Å². The molecule has 0 N–H and O–H groups in total. The molecule has 5 rings (SSSR count). The second-order valence-electron chi connectivity index (χ2n) is 9.53. The lowest BCUT2D eigenvalue weighted by atomic mass is 10.0. The molecule has 0 bridgehead atoms. The minimum atomic E-state index is -0.276. The zero-order chi connectivity index (χ0) is 23.5. The molecular formula is C26H32N4O4. The van der Waals surface area contributed by atoms with E-state index in [1.165, 1.54) is 11.8 Å². The SMILES string of the molecule is O=C(c1ccco1)N1CCN(C(=O)C2CC(=O)N(C3CCN(Cc4ccccc4)CC3)C2)CC1. The summed E-state index contributed by atoms with van der Waals surface area (Å²) in [4.78, 5) is 46.3. The number of hydrogen-bond acceptors (Lipinski definition) is 5. The minimum Gasteiger partial charge on any atom is -0.459 e. The first kappa shape index (κ1) is 22.7. The molecule has 0 aliphatic carbocycles. The van der Waals surface area contributed by atoms with Gasteiger partial charge in [-0.2, -0.15) is 0 Å². The molecule has 180 valence electrons. The fraction of sp³-hybridized carbons (Fsp3) is 0.500. The number of piperidine rings is 1. The average Bonchev–Trinajstić information content (AvgIpc) is 3.55. The Morgan fingerprint density at radius 2 is 1.59 bits per heavy atom. The van der Waals surface area contributed by atoms with Gasteiger partial charge in [0.2, 0.25) is 11.8 Å². The minimum absolute atomic E-state index is 0.0439. The van der Waals surface area contributed by atoms with Gasteiger partial charge in [0.05, 0.1) is 12.2 Å². The number of hydrogen-bond donors (Lipinski definition) is 0. The fourth-order valence-corrected chi connectivity index (χ4v) is 5.42. The molecule has 0 saturated carbocycles. The van der Waals surface area contributed by atoms with Gasteiger partial charge in [0.25, 0.3) is 5.91 Å². The second kappa shape index (κ2) is 10.0. The summed E-state index contributed by atoms with van der Waals surface area (Å²) in [6.45, 7) is 5.34. The molecule has 1 aromatic carbocycles. The van der Waals surface area contributed by atoms with Gasteiger partial charge in [0.15, 0.2) is 5.76 Å². The maximum Gasteiger partial charge on any atom is 0.289 e. The van der Waals surface area contributed by atoms with E-state index in [0.717, 1.165) is 32.5 Å². The molecule has 3 aliphatic heterocycles. The molecule has 3 saturated heterocycles. The van der Waals surface area contributed by atoms with Crippen molar-refractivity contribution in [3.63, 3.8) is 0 Å². The second-order valence-corrected chi connectivity index (χ2v) is 9.53. The molecule has 3 fully saturated rings. The van der Waals surface area contributed by atoms with Crippen LogP contribution in [0.1, 0.15) is 35.4 Å². The van der Waals surface area contributed by atoms with Crippen LogP contribution in [0.25, 0.3) is 0 Å². The lowest BCUT2D eigenvalue weighted by Crippen LogP contribution is -2.52. The van der Waals surface area contributed by atoms with E-state index in [1.54, 1.807) is 17.0 Å². The molecule has 0 radical (unpaired) electrons. The van der Waals surface area contributed by atoms with Gasteiger partial charge < -0.3 is 19.1 Å². The lowest BCUT2D eigenvalue weighted by Gasteiger charge is -2.37. The summed E-state index contributed by atoms with van der Waals surface area (Å²) < 4.78 is 5.20. The smallest absolute Gasteiger partial charge is 0.289 e. The summed E-state index contributed by atoms with van der Waals surface area (Å²) in [5.74, 6) is 0.0562. The van der Waals surface area contributed by atoms with Gasteiger partial charge in [-0.15, -0.1) is 0 Å². The Kier molecular flexibility index (Phi) is 6.67. The number of benzene rings is 1. The number of furan rings is 1. The summed E-state index contributed by atoms with van der Waals surface area (Å²) in [5.41, 5.74) is 1.31. The summed E-state index contributed by atoms with van der Waals surface area (Å²) in [6, 6.07) is 14.1. The van der Waals surface area contributed by atoms with Crippen LogP contribution in [0, 0.1) is 5.92 Å². The molecule has 4 heterocycles. The van der Waals surface area contributed by atoms with E-state index < -0.39 is 0 Å². The van der Waals surface area contributed by atoms with Crippen molar-refractivity contribution in [3.05, 3.63) is 60.1 Å². The molecule has 2 aromatic rings. The molecule has 1 unspecified atom stereocenters. The maximum absolute atomic E-state index is 13.2. The first-order valence-electron chi connectivity index (χ1n) is 12.3. The van der Waals surface area contributed by atoms with Crippen LogP contribution < -0.4 is 0 Å². The van der Waals surface area contributed by atoms with E-state index in [2.05, 4.69) is 29.2 Å². The van der Waals surface area contributed by atoms with E-state index in [9.17, 15) is 14.4 Å². The van der Waals surface area contributed by atoms with Gasteiger partial charge in [-0.1, -0.05) is 30.3 Å². The summed E-state index contributed by atoms with van der Waals surface area (Å²) in [7, 11) is 0. The van der Waals surface area contributed by atoms with Crippen molar-refractivity contribution >= 4 is 17.7 Å². The molecule has 34 heavy (non-hydrogen) atoms. The molecule has 3 amide bonds. The highest BCUT2D eigenvalue weighted by Gasteiger charge is 2.41. The highest BCUT2D eigenvalue weighted by Crippen LogP contribution is 2.27. The third-order valence-electron chi connectivity index (χ3n) is 7.37. The van der Waals surface area contributed by atoms with Gasteiger partial charge in [-0.05, 0) is 30.5 Å².